The zero-order valence-electron chi connectivity index (χ0n) is 10.1. The summed E-state index contributed by atoms with van der Waals surface area (Å²) in [6.07, 6.45) is 1.98. The van der Waals surface area contributed by atoms with Gasteiger partial charge < -0.3 is 15.8 Å². The Morgan fingerprint density at radius 3 is 2.83 bits per heavy atom. The average molecular weight is 251 g/mol. The van der Waals surface area contributed by atoms with Crippen molar-refractivity contribution in [3.63, 3.8) is 0 Å². The highest BCUT2D eigenvalue weighted by Crippen LogP contribution is 2.30. The molecular formula is C12H17N3O3. The molecular weight excluding hydrogens is 234 g/mol. The van der Waals surface area contributed by atoms with Crippen LogP contribution in [0.25, 0.3) is 0 Å². The number of nitrogens with two attached hydrogens (primary N) is 1. The number of nitrogen functional groups attached to an aromatic ring is 1. The molecule has 1 aliphatic heterocycles. The largest absolute Gasteiger partial charge is 0.393 e. The Morgan fingerprint density at radius 2 is 2.17 bits per heavy atom. The van der Waals surface area contributed by atoms with Gasteiger partial charge >= 0.3 is 5.69 Å². The number of para-hydroxylation sites is 1. The lowest BCUT2D eigenvalue weighted by molar-refractivity contribution is -0.383. The van der Waals surface area contributed by atoms with Crippen molar-refractivity contribution < 1.29 is 9.66 Å². The molecule has 0 aromatic heterocycles. The van der Waals surface area contributed by atoms with E-state index >= 15 is 0 Å². The van der Waals surface area contributed by atoms with Crippen molar-refractivity contribution in [3.8, 4) is 0 Å². The van der Waals surface area contributed by atoms with Crippen LogP contribution in [-0.2, 0) is 4.74 Å². The van der Waals surface area contributed by atoms with Crippen molar-refractivity contribution in [2.45, 2.75) is 12.8 Å². The van der Waals surface area contributed by atoms with E-state index in [9.17, 15) is 10.1 Å². The van der Waals surface area contributed by atoms with Gasteiger partial charge in [0, 0.05) is 19.8 Å². The molecule has 0 amide bonds. The van der Waals surface area contributed by atoms with Crippen LogP contribution in [0.1, 0.15) is 12.8 Å². The lowest BCUT2D eigenvalue weighted by atomic mass is 10.0. The second-order valence-electron chi connectivity index (χ2n) is 4.44. The number of anilines is 2. The van der Waals surface area contributed by atoms with Crippen LogP contribution in [0, 0.1) is 16.0 Å². The van der Waals surface area contributed by atoms with E-state index in [1.54, 1.807) is 12.1 Å². The van der Waals surface area contributed by atoms with Crippen molar-refractivity contribution in [2.75, 3.05) is 30.8 Å². The van der Waals surface area contributed by atoms with E-state index in [4.69, 9.17) is 10.5 Å². The molecule has 6 nitrogen and oxygen atoms in total. The highest BCUT2D eigenvalue weighted by atomic mass is 16.6. The summed E-state index contributed by atoms with van der Waals surface area (Å²) in [7, 11) is 0. The van der Waals surface area contributed by atoms with E-state index in [1.807, 2.05) is 0 Å². The second kappa shape index (κ2) is 5.68. The van der Waals surface area contributed by atoms with Gasteiger partial charge in [-0.15, -0.1) is 0 Å². The normalized spacial score (nSPS) is 16.4. The molecule has 0 saturated carbocycles. The number of hydrogen-bond donors (Lipinski definition) is 2. The molecule has 0 bridgehead atoms. The fourth-order valence-corrected chi connectivity index (χ4v) is 2.11. The molecule has 98 valence electrons. The summed E-state index contributed by atoms with van der Waals surface area (Å²) >= 11 is 0. The molecule has 2 rings (SSSR count). The molecule has 1 fully saturated rings. The Labute approximate surface area is 105 Å². The maximum absolute atomic E-state index is 11.0. The van der Waals surface area contributed by atoms with Crippen molar-refractivity contribution >= 4 is 17.1 Å². The first-order valence-corrected chi connectivity index (χ1v) is 6.03. The zero-order valence-corrected chi connectivity index (χ0v) is 10.1. The average Bonchev–Trinajstić information content (AvgIpc) is 2.37. The number of rotatable bonds is 4. The van der Waals surface area contributed by atoms with Gasteiger partial charge in [0.25, 0.3) is 0 Å². The van der Waals surface area contributed by atoms with Crippen LogP contribution in [0.3, 0.4) is 0 Å². The van der Waals surface area contributed by atoms with Crippen molar-refractivity contribution in [2.24, 2.45) is 5.92 Å². The van der Waals surface area contributed by atoms with Crippen LogP contribution in [0.2, 0.25) is 0 Å². The maximum Gasteiger partial charge on any atom is 0.314 e. The summed E-state index contributed by atoms with van der Waals surface area (Å²) in [5.41, 5.74) is 6.28. The Bertz CT molecular complexity index is 431. The van der Waals surface area contributed by atoms with Crippen LogP contribution in [0.4, 0.5) is 17.1 Å². The van der Waals surface area contributed by atoms with Gasteiger partial charge in [0.05, 0.1) is 4.92 Å². The number of nitro groups is 1. The summed E-state index contributed by atoms with van der Waals surface area (Å²) in [6.45, 7) is 2.25. The molecule has 1 aromatic carbocycles. The minimum absolute atomic E-state index is 0.0374. The summed E-state index contributed by atoms with van der Waals surface area (Å²) in [5.74, 6) is 0.500. The van der Waals surface area contributed by atoms with E-state index < -0.39 is 4.92 Å². The molecule has 0 aliphatic carbocycles. The van der Waals surface area contributed by atoms with Crippen molar-refractivity contribution in [1.29, 1.82) is 0 Å². The zero-order chi connectivity index (χ0) is 13.0. The molecule has 3 N–H and O–H groups in total. The summed E-state index contributed by atoms with van der Waals surface area (Å²) < 4.78 is 5.28. The first kappa shape index (κ1) is 12.6. The Hall–Kier alpha value is -1.82. The SMILES string of the molecule is Nc1cccc(NCC2CCOCC2)c1[N+](=O)[O-]. The monoisotopic (exact) mass is 251 g/mol. The van der Waals surface area contributed by atoms with Gasteiger partial charge in [-0.1, -0.05) is 6.07 Å². The van der Waals surface area contributed by atoms with Crippen LogP contribution in [0.5, 0.6) is 0 Å². The highest BCUT2D eigenvalue weighted by Gasteiger charge is 2.19. The summed E-state index contributed by atoms with van der Waals surface area (Å²) in [6, 6.07) is 4.94. The lowest BCUT2D eigenvalue weighted by Gasteiger charge is -2.22. The first-order chi connectivity index (χ1) is 8.68. The van der Waals surface area contributed by atoms with Crippen molar-refractivity contribution in [3.05, 3.63) is 28.3 Å². The fraction of sp³-hybridized carbons (Fsp3) is 0.500. The molecule has 1 saturated heterocycles. The molecule has 0 atom stereocenters. The standard InChI is InChI=1S/C12H17N3O3/c13-10-2-1-3-11(12(10)15(16)17)14-8-9-4-6-18-7-5-9/h1-3,9,14H,4-8,13H2. The molecule has 1 heterocycles. The van der Waals surface area contributed by atoms with Crippen LogP contribution in [-0.4, -0.2) is 24.7 Å². The molecule has 0 spiro atoms. The third-order valence-electron chi connectivity index (χ3n) is 3.17. The Balaban J connectivity index is 2.04. The predicted molar refractivity (Wildman–Crippen MR) is 69.5 cm³/mol. The highest BCUT2D eigenvalue weighted by molar-refractivity contribution is 5.74. The molecule has 18 heavy (non-hydrogen) atoms. The topological polar surface area (TPSA) is 90.4 Å². The minimum Gasteiger partial charge on any atom is -0.393 e. The van der Waals surface area contributed by atoms with E-state index in [2.05, 4.69) is 5.32 Å². The van der Waals surface area contributed by atoms with Gasteiger partial charge in [0.15, 0.2) is 0 Å². The summed E-state index contributed by atoms with van der Waals surface area (Å²) in [5, 5.41) is 14.1. The van der Waals surface area contributed by atoms with Gasteiger partial charge in [-0.3, -0.25) is 10.1 Å². The van der Waals surface area contributed by atoms with Gasteiger partial charge in [0.2, 0.25) is 0 Å². The fourth-order valence-electron chi connectivity index (χ4n) is 2.11. The van der Waals surface area contributed by atoms with Gasteiger partial charge in [0.1, 0.15) is 11.4 Å². The first-order valence-electron chi connectivity index (χ1n) is 6.03. The second-order valence-corrected chi connectivity index (χ2v) is 4.44. The number of nitrogens with one attached hydrogen (secondary N) is 1. The molecule has 1 aliphatic rings. The minimum atomic E-state index is -0.443. The summed E-state index contributed by atoms with van der Waals surface area (Å²) in [4.78, 5) is 10.5. The van der Waals surface area contributed by atoms with E-state index in [0.29, 0.717) is 18.2 Å². The van der Waals surface area contributed by atoms with E-state index in [-0.39, 0.29) is 11.4 Å². The third-order valence-corrected chi connectivity index (χ3v) is 3.17. The smallest absolute Gasteiger partial charge is 0.314 e. The van der Waals surface area contributed by atoms with Crippen LogP contribution < -0.4 is 11.1 Å². The lowest BCUT2D eigenvalue weighted by Crippen LogP contribution is -2.23. The van der Waals surface area contributed by atoms with Gasteiger partial charge in [-0.05, 0) is 30.9 Å². The van der Waals surface area contributed by atoms with Gasteiger partial charge in [-0.2, -0.15) is 0 Å². The number of nitro benzene ring substituents is 1. The van der Waals surface area contributed by atoms with Crippen LogP contribution >= 0.6 is 0 Å². The quantitative estimate of drug-likeness (QED) is 0.485. The number of nitrogens with zero attached hydrogens (tertiary/aromatic N) is 1. The Kier molecular flexibility index (Phi) is 3.99. The number of hydrogen-bond acceptors (Lipinski definition) is 5. The Morgan fingerprint density at radius 1 is 1.44 bits per heavy atom. The number of ether oxygens (including phenoxy) is 1. The molecule has 6 heteroatoms. The van der Waals surface area contributed by atoms with Crippen LogP contribution in [0.15, 0.2) is 18.2 Å². The maximum atomic E-state index is 11.0. The van der Waals surface area contributed by atoms with E-state index in [0.717, 1.165) is 26.1 Å². The molecule has 0 radical (unpaired) electrons. The number of benzene rings is 1. The molecule has 1 aromatic rings. The third kappa shape index (κ3) is 2.89. The molecule has 0 unspecified atom stereocenters. The predicted octanol–water partition coefficient (Wildman–Crippen LogP) is 2.02. The van der Waals surface area contributed by atoms with Crippen molar-refractivity contribution in [1.82, 2.24) is 0 Å². The van der Waals surface area contributed by atoms with Gasteiger partial charge in [-0.25, -0.2) is 0 Å². The van der Waals surface area contributed by atoms with E-state index in [1.165, 1.54) is 6.07 Å².